The number of para-hydroxylation sites is 1. The Kier molecular flexibility index (Phi) is 2.83. The molecular formula is C13H10BN2O2. The van der Waals surface area contributed by atoms with Gasteiger partial charge in [0.1, 0.15) is 0 Å². The highest BCUT2D eigenvalue weighted by Gasteiger charge is 2.29. The van der Waals surface area contributed by atoms with Crippen molar-refractivity contribution in [3.05, 3.63) is 41.6 Å². The first kappa shape index (κ1) is 12.2. The molecule has 1 aromatic heterocycles. The van der Waals surface area contributed by atoms with E-state index in [0.29, 0.717) is 11.1 Å². The third-order valence-corrected chi connectivity index (χ3v) is 3.03. The number of aromatic amines is 1. The monoisotopic (exact) mass is 237 g/mol. The Morgan fingerprint density at radius 2 is 1.78 bits per heavy atom. The second kappa shape index (κ2) is 4.18. The number of nitrogens with one attached hydrogen (secondary N) is 2. The van der Waals surface area contributed by atoms with Gasteiger partial charge in [-0.05, 0) is 13.0 Å². The maximum Gasteiger partial charge on any atom is 0.259 e. The van der Waals surface area contributed by atoms with Gasteiger partial charge in [0.15, 0.2) is 0 Å². The molecular weight excluding hydrogens is 227 g/mol. The molecule has 0 bridgehead atoms. The van der Waals surface area contributed by atoms with Crippen LogP contribution in [0.4, 0.5) is 0 Å². The zero-order valence-corrected chi connectivity index (χ0v) is 9.78. The van der Waals surface area contributed by atoms with Gasteiger partial charge in [-0.2, -0.15) is 0 Å². The number of hydrogen-bond donors (Lipinski definition) is 2. The third kappa shape index (κ3) is 1.56. The fraction of sp³-hybridized carbons (Fsp3) is 0.0769. The van der Waals surface area contributed by atoms with Crippen LogP contribution in [0.5, 0.6) is 0 Å². The maximum absolute atomic E-state index is 11.7. The molecule has 2 heterocycles. The normalized spacial score (nSPS) is 14.9. The summed E-state index contributed by atoms with van der Waals surface area (Å²) in [5.74, 6) is -0.632. The lowest BCUT2D eigenvalue weighted by atomic mass is 10.0. The fourth-order valence-corrected chi connectivity index (χ4v) is 2.15. The molecule has 1 aromatic carbocycles. The average Bonchev–Trinajstić information content (AvgIpc) is 2.82. The van der Waals surface area contributed by atoms with Crippen LogP contribution in [0.15, 0.2) is 36.0 Å². The van der Waals surface area contributed by atoms with E-state index in [1.807, 2.05) is 24.3 Å². The minimum atomic E-state index is -0.322. The van der Waals surface area contributed by atoms with E-state index in [9.17, 15) is 9.59 Å². The summed E-state index contributed by atoms with van der Waals surface area (Å²) in [7, 11) is 0. The lowest BCUT2D eigenvalue weighted by Crippen LogP contribution is -2.22. The molecule has 2 N–H and O–H groups in total. The van der Waals surface area contributed by atoms with Gasteiger partial charge in [0.05, 0.1) is 5.57 Å². The molecule has 3 rings (SSSR count). The number of fused-ring (bicyclic) bond motifs is 1. The number of hydrogen-bond acceptors (Lipinski definition) is 2. The van der Waals surface area contributed by atoms with Gasteiger partial charge in [0.2, 0.25) is 0 Å². The van der Waals surface area contributed by atoms with Gasteiger partial charge in [0, 0.05) is 36.6 Å². The molecule has 0 atom stereocenters. The van der Waals surface area contributed by atoms with Crippen LogP contribution in [0, 0.1) is 0 Å². The average molecular weight is 237 g/mol. The first-order valence-corrected chi connectivity index (χ1v) is 5.31. The molecule has 1 aliphatic rings. The molecule has 2 aromatic rings. The van der Waals surface area contributed by atoms with E-state index in [1.54, 1.807) is 13.1 Å². The summed E-state index contributed by atoms with van der Waals surface area (Å²) in [6, 6.07) is 7.69. The van der Waals surface area contributed by atoms with Crippen molar-refractivity contribution in [2.45, 2.75) is 6.92 Å². The Morgan fingerprint density at radius 1 is 1.06 bits per heavy atom. The van der Waals surface area contributed by atoms with Crippen molar-refractivity contribution in [1.29, 1.82) is 0 Å². The summed E-state index contributed by atoms with van der Waals surface area (Å²) in [6.07, 6.45) is 1.77. The van der Waals surface area contributed by atoms with Crippen LogP contribution in [0.1, 0.15) is 12.5 Å². The smallest absolute Gasteiger partial charge is 0.259 e. The Labute approximate surface area is 106 Å². The van der Waals surface area contributed by atoms with E-state index in [4.69, 9.17) is 0 Å². The molecule has 1 aliphatic heterocycles. The summed E-state index contributed by atoms with van der Waals surface area (Å²) in [5.41, 5.74) is 2.67. The highest BCUT2D eigenvalue weighted by molar-refractivity contribution is 6.37. The van der Waals surface area contributed by atoms with Crippen molar-refractivity contribution in [3.8, 4) is 0 Å². The zero-order chi connectivity index (χ0) is 12.0. The molecule has 0 fully saturated rings. The number of imide groups is 1. The number of benzene rings is 1. The quantitative estimate of drug-likeness (QED) is 0.578. The van der Waals surface area contributed by atoms with Crippen molar-refractivity contribution in [2.75, 3.05) is 0 Å². The number of carbonyl (C=O) groups is 2. The number of aromatic nitrogens is 1. The Hall–Kier alpha value is -2.30. The molecule has 4 nitrogen and oxygen atoms in total. The number of rotatable bonds is 1. The molecule has 18 heavy (non-hydrogen) atoms. The van der Waals surface area contributed by atoms with Gasteiger partial charge in [-0.3, -0.25) is 14.9 Å². The van der Waals surface area contributed by atoms with Crippen molar-refractivity contribution in [3.63, 3.8) is 0 Å². The SMILES string of the molecule is CC1=C(c2c[nH]c3ccccc23)C(=O)NC1=O.[B]. The Morgan fingerprint density at radius 3 is 2.44 bits per heavy atom. The van der Waals surface area contributed by atoms with Gasteiger partial charge < -0.3 is 4.98 Å². The van der Waals surface area contributed by atoms with Gasteiger partial charge in [-0.25, -0.2) is 0 Å². The predicted molar refractivity (Wildman–Crippen MR) is 69.8 cm³/mol. The summed E-state index contributed by atoms with van der Waals surface area (Å²) >= 11 is 0. The minimum absolute atomic E-state index is 0. The second-order valence-electron chi connectivity index (χ2n) is 4.03. The van der Waals surface area contributed by atoms with E-state index < -0.39 is 0 Å². The van der Waals surface area contributed by atoms with Crippen LogP contribution in [0.2, 0.25) is 0 Å². The van der Waals surface area contributed by atoms with Crippen LogP contribution >= 0.6 is 0 Å². The van der Waals surface area contributed by atoms with E-state index in [2.05, 4.69) is 10.3 Å². The maximum atomic E-state index is 11.7. The molecule has 3 radical (unpaired) electrons. The van der Waals surface area contributed by atoms with Gasteiger partial charge in [-0.15, -0.1) is 0 Å². The van der Waals surface area contributed by atoms with Gasteiger partial charge in [-0.1, -0.05) is 18.2 Å². The first-order chi connectivity index (χ1) is 8.18. The van der Waals surface area contributed by atoms with Crippen molar-refractivity contribution < 1.29 is 9.59 Å². The summed E-state index contributed by atoms with van der Waals surface area (Å²) < 4.78 is 0. The minimum Gasteiger partial charge on any atom is -0.361 e. The summed E-state index contributed by atoms with van der Waals surface area (Å²) in [4.78, 5) is 26.3. The van der Waals surface area contributed by atoms with E-state index in [1.165, 1.54) is 0 Å². The molecule has 0 saturated carbocycles. The molecule has 0 unspecified atom stereocenters. The van der Waals surface area contributed by atoms with Crippen LogP contribution < -0.4 is 5.32 Å². The fourth-order valence-electron chi connectivity index (χ4n) is 2.15. The zero-order valence-electron chi connectivity index (χ0n) is 9.78. The largest absolute Gasteiger partial charge is 0.361 e. The second-order valence-corrected chi connectivity index (χ2v) is 4.03. The van der Waals surface area contributed by atoms with Gasteiger partial charge in [0.25, 0.3) is 11.8 Å². The molecule has 0 spiro atoms. The highest BCUT2D eigenvalue weighted by Crippen LogP contribution is 2.29. The predicted octanol–water partition coefficient (Wildman–Crippen LogP) is 1.22. The topological polar surface area (TPSA) is 62.0 Å². The molecule has 5 heteroatoms. The van der Waals surface area contributed by atoms with Crippen LogP contribution in [-0.2, 0) is 9.59 Å². The highest BCUT2D eigenvalue weighted by atomic mass is 16.2. The van der Waals surface area contributed by atoms with Crippen LogP contribution in [-0.4, -0.2) is 25.2 Å². The van der Waals surface area contributed by atoms with Crippen LogP contribution in [0.25, 0.3) is 16.5 Å². The summed E-state index contributed by atoms with van der Waals surface area (Å²) in [5, 5.41) is 3.25. The Balaban J connectivity index is 0.00000120. The van der Waals surface area contributed by atoms with E-state index in [0.717, 1.165) is 16.5 Å². The van der Waals surface area contributed by atoms with E-state index in [-0.39, 0.29) is 20.2 Å². The summed E-state index contributed by atoms with van der Waals surface area (Å²) in [6.45, 7) is 1.66. The molecule has 0 aliphatic carbocycles. The molecule has 87 valence electrons. The Bertz CT molecular complexity index is 685. The van der Waals surface area contributed by atoms with Crippen molar-refractivity contribution >= 4 is 36.7 Å². The third-order valence-electron chi connectivity index (χ3n) is 3.03. The van der Waals surface area contributed by atoms with E-state index >= 15 is 0 Å². The van der Waals surface area contributed by atoms with Crippen LogP contribution in [0.3, 0.4) is 0 Å². The number of amides is 2. The standard InChI is InChI=1S/C13H10N2O2.B/c1-7-11(13(17)15-12(7)16)9-6-14-10-5-3-2-4-8(9)10;/h2-6,14H,1H3,(H,15,16,17);. The van der Waals surface area contributed by atoms with Crippen molar-refractivity contribution in [1.82, 2.24) is 10.3 Å². The van der Waals surface area contributed by atoms with Gasteiger partial charge >= 0.3 is 0 Å². The number of H-pyrrole nitrogens is 1. The first-order valence-electron chi connectivity index (χ1n) is 5.31. The molecule has 2 amide bonds. The van der Waals surface area contributed by atoms with Crippen molar-refractivity contribution in [2.24, 2.45) is 0 Å². The number of carbonyl (C=O) groups excluding carboxylic acids is 2. The molecule has 0 saturated heterocycles. The lowest BCUT2D eigenvalue weighted by molar-refractivity contribution is -0.123. The lowest BCUT2D eigenvalue weighted by Gasteiger charge is -1.98.